The second kappa shape index (κ2) is 5.45. The lowest BCUT2D eigenvalue weighted by Gasteiger charge is -2.08. The van der Waals surface area contributed by atoms with Gasteiger partial charge in [0.05, 0.1) is 0 Å². The molecule has 1 aromatic carbocycles. The number of hydrogen-bond donors (Lipinski definition) is 2. The van der Waals surface area contributed by atoms with Crippen LogP contribution in [0, 0.1) is 0 Å². The van der Waals surface area contributed by atoms with Gasteiger partial charge in [0.2, 0.25) is 0 Å². The molecule has 1 aliphatic heterocycles. The van der Waals surface area contributed by atoms with Crippen molar-refractivity contribution in [3.8, 4) is 11.1 Å². The molecular formula is C21H21N3O. The van der Waals surface area contributed by atoms with Crippen molar-refractivity contribution in [2.75, 3.05) is 0 Å². The Morgan fingerprint density at radius 3 is 2.92 bits per heavy atom. The second-order valence-electron chi connectivity index (χ2n) is 6.52. The van der Waals surface area contributed by atoms with Gasteiger partial charge in [-0.3, -0.25) is 4.79 Å². The van der Waals surface area contributed by atoms with Crippen molar-refractivity contribution in [3.05, 3.63) is 71.6 Å². The maximum Gasteiger partial charge on any atom is 0.251 e. The summed E-state index contributed by atoms with van der Waals surface area (Å²) in [5.41, 5.74) is 7.31. The van der Waals surface area contributed by atoms with E-state index in [2.05, 4.69) is 45.6 Å². The van der Waals surface area contributed by atoms with Gasteiger partial charge in [0, 0.05) is 43.9 Å². The molecule has 3 aromatic rings. The smallest absolute Gasteiger partial charge is 0.251 e. The Bertz CT molecular complexity index is 1080. The Morgan fingerprint density at radius 2 is 2.04 bits per heavy atom. The van der Waals surface area contributed by atoms with Crippen molar-refractivity contribution in [2.45, 2.75) is 19.4 Å². The number of nitrogens with zero attached hydrogens (tertiary/aromatic N) is 1. The van der Waals surface area contributed by atoms with Gasteiger partial charge in [-0.15, -0.1) is 0 Å². The zero-order chi connectivity index (χ0) is 16.8. The van der Waals surface area contributed by atoms with Crippen LogP contribution in [-0.4, -0.2) is 15.9 Å². The lowest BCUT2D eigenvalue weighted by molar-refractivity contribution is 0.0966. The van der Waals surface area contributed by atoms with Crippen LogP contribution in [0.1, 0.15) is 37.2 Å². The molecule has 5 rings (SSSR count). The Morgan fingerprint density at radius 1 is 1.08 bits per heavy atom. The molecule has 4 nitrogen and oxygen atoms in total. The quantitative estimate of drug-likeness (QED) is 0.715. The monoisotopic (exact) mass is 331 g/mol. The first-order valence-electron chi connectivity index (χ1n) is 8.55. The van der Waals surface area contributed by atoms with E-state index >= 15 is 0 Å². The second-order valence-corrected chi connectivity index (χ2v) is 6.52. The fraction of sp³-hybridized carbons (Fsp3) is 0.143. The number of allylic oxidation sites excluding steroid dienone is 4. The average Bonchev–Trinajstić information content (AvgIpc) is 3.25. The summed E-state index contributed by atoms with van der Waals surface area (Å²) < 4.78 is 0. The number of rotatable bonds is 2. The number of benzene rings is 1. The molecule has 0 radical (unpaired) electrons. The predicted octanol–water partition coefficient (Wildman–Crippen LogP) is 4.70. The highest BCUT2D eigenvalue weighted by atomic mass is 16.1. The van der Waals surface area contributed by atoms with Gasteiger partial charge in [0.15, 0.2) is 0 Å². The van der Waals surface area contributed by atoms with E-state index < -0.39 is 0 Å². The molecule has 0 saturated heterocycles. The number of aromatic nitrogens is 2. The van der Waals surface area contributed by atoms with Crippen LogP contribution in [0.5, 0.6) is 0 Å². The number of carbonyl (C=O) groups is 1. The number of nitrogens with one attached hydrogen (secondary N) is 2. The normalized spacial score (nSPS) is 16.0. The standard InChI is InChI=1S/C21H17N3O.2H2/c25-21-17-7-6-14(8-16(17)11-24-21)19-12-23-20-18(19)9-15(10-22-20)13-4-2-1-3-5-13;;/h2,4-10,12H,1,3,11H2,(H,22,23)(H,24,25);2*1H. The van der Waals surface area contributed by atoms with Gasteiger partial charge < -0.3 is 10.3 Å². The van der Waals surface area contributed by atoms with Gasteiger partial charge in [-0.25, -0.2) is 4.98 Å². The summed E-state index contributed by atoms with van der Waals surface area (Å²) >= 11 is 0. The van der Waals surface area contributed by atoms with Crippen LogP contribution in [0.25, 0.3) is 27.7 Å². The van der Waals surface area contributed by atoms with E-state index in [-0.39, 0.29) is 8.76 Å². The van der Waals surface area contributed by atoms with Crippen LogP contribution in [-0.2, 0) is 6.54 Å². The summed E-state index contributed by atoms with van der Waals surface area (Å²) in [7, 11) is 0. The van der Waals surface area contributed by atoms with Gasteiger partial charge in [0.1, 0.15) is 5.65 Å². The molecule has 126 valence electrons. The SMILES string of the molecule is O=C1NCc2cc(-c3c[nH]c4ncc(C5=CCCC=C5)cc34)ccc21.[HH].[HH]. The molecule has 2 N–H and O–H groups in total. The number of carbonyl (C=O) groups excluding carboxylic acids is 1. The first kappa shape index (κ1) is 14.2. The number of fused-ring (bicyclic) bond motifs is 2. The molecule has 3 heterocycles. The van der Waals surface area contributed by atoms with E-state index in [0.29, 0.717) is 6.54 Å². The third-order valence-electron chi connectivity index (χ3n) is 4.96. The number of amides is 1. The molecule has 0 fully saturated rings. The van der Waals surface area contributed by atoms with E-state index in [1.165, 1.54) is 5.57 Å². The minimum absolute atomic E-state index is 0. The van der Waals surface area contributed by atoms with Crippen LogP contribution in [0.3, 0.4) is 0 Å². The Hall–Kier alpha value is -3.14. The summed E-state index contributed by atoms with van der Waals surface area (Å²) in [6.45, 7) is 0.603. The summed E-state index contributed by atoms with van der Waals surface area (Å²) in [4.78, 5) is 19.6. The fourth-order valence-corrected chi connectivity index (χ4v) is 3.63. The number of aromatic amines is 1. The van der Waals surface area contributed by atoms with Gasteiger partial charge in [0.25, 0.3) is 5.91 Å². The van der Waals surface area contributed by atoms with Crippen LogP contribution >= 0.6 is 0 Å². The number of pyridine rings is 1. The average molecular weight is 331 g/mol. The molecule has 0 saturated carbocycles. The highest BCUT2D eigenvalue weighted by Gasteiger charge is 2.19. The van der Waals surface area contributed by atoms with Gasteiger partial charge in [-0.1, -0.05) is 24.3 Å². The first-order valence-corrected chi connectivity index (χ1v) is 8.55. The summed E-state index contributed by atoms with van der Waals surface area (Å²) in [6.07, 6.45) is 12.8. The fourth-order valence-electron chi connectivity index (χ4n) is 3.63. The zero-order valence-electron chi connectivity index (χ0n) is 13.7. The third-order valence-corrected chi connectivity index (χ3v) is 4.96. The van der Waals surface area contributed by atoms with Crippen LogP contribution in [0.2, 0.25) is 0 Å². The Labute approximate surface area is 148 Å². The molecule has 2 aromatic heterocycles. The minimum atomic E-state index is 0. The topological polar surface area (TPSA) is 57.8 Å². The van der Waals surface area contributed by atoms with E-state index in [1.54, 1.807) is 0 Å². The van der Waals surface area contributed by atoms with E-state index in [4.69, 9.17) is 0 Å². The Kier molecular flexibility index (Phi) is 3.10. The number of hydrogen-bond acceptors (Lipinski definition) is 2. The summed E-state index contributed by atoms with van der Waals surface area (Å²) in [6, 6.07) is 8.23. The van der Waals surface area contributed by atoms with E-state index in [1.807, 2.05) is 24.5 Å². The largest absolute Gasteiger partial charge is 0.348 e. The molecule has 2 aliphatic rings. The van der Waals surface area contributed by atoms with Crippen molar-refractivity contribution in [1.82, 2.24) is 15.3 Å². The minimum Gasteiger partial charge on any atom is -0.348 e. The highest BCUT2D eigenvalue weighted by Crippen LogP contribution is 2.32. The van der Waals surface area contributed by atoms with Gasteiger partial charge >= 0.3 is 0 Å². The number of H-pyrrole nitrogens is 1. The highest BCUT2D eigenvalue weighted by molar-refractivity contribution is 6.00. The van der Waals surface area contributed by atoms with E-state index in [0.717, 1.165) is 51.7 Å². The van der Waals surface area contributed by atoms with Crippen molar-refractivity contribution in [3.63, 3.8) is 0 Å². The van der Waals surface area contributed by atoms with Gasteiger partial charge in [-0.05, 0) is 47.7 Å². The predicted molar refractivity (Wildman–Crippen MR) is 103 cm³/mol. The van der Waals surface area contributed by atoms with Crippen molar-refractivity contribution >= 4 is 22.5 Å². The molecule has 0 unspecified atom stereocenters. The third kappa shape index (κ3) is 2.30. The molecule has 1 aliphatic carbocycles. The first-order chi connectivity index (χ1) is 12.3. The lowest BCUT2D eigenvalue weighted by atomic mass is 9.97. The van der Waals surface area contributed by atoms with E-state index in [9.17, 15) is 4.79 Å². The molecule has 0 atom stereocenters. The zero-order valence-corrected chi connectivity index (χ0v) is 13.7. The van der Waals surface area contributed by atoms with Crippen molar-refractivity contribution in [1.29, 1.82) is 0 Å². The molecule has 0 bridgehead atoms. The van der Waals surface area contributed by atoms with Crippen LogP contribution < -0.4 is 5.32 Å². The molecular weight excluding hydrogens is 310 g/mol. The summed E-state index contributed by atoms with van der Waals surface area (Å²) in [5, 5.41) is 3.98. The maximum atomic E-state index is 11.8. The lowest BCUT2D eigenvalue weighted by Crippen LogP contribution is -2.12. The maximum absolute atomic E-state index is 11.8. The van der Waals surface area contributed by atoms with Crippen molar-refractivity contribution in [2.24, 2.45) is 0 Å². The summed E-state index contributed by atoms with van der Waals surface area (Å²) in [5.74, 6) is 0.0143. The van der Waals surface area contributed by atoms with Gasteiger partial charge in [-0.2, -0.15) is 0 Å². The van der Waals surface area contributed by atoms with Crippen molar-refractivity contribution < 1.29 is 7.65 Å². The van der Waals surface area contributed by atoms with Crippen LogP contribution in [0.4, 0.5) is 0 Å². The Balaban J connectivity index is 0.00000105. The van der Waals surface area contributed by atoms with Crippen LogP contribution in [0.15, 0.2) is 54.9 Å². The molecule has 1 amide bonds. The molecule has 0 spiro atoms. The molecule has 25 heavy (non-hydrogen) atoms. The molecule has 4 heteroatoms.